The predicted molar refractivity (Wildman–Crippen MR) is 84.9 cm³/mol. The summed E-state index contributed by atoms with van der Waals surface area (Å²) in [6.45, 7) is 0. The van der Waals surface area contributed by atoms with Crippen LogP contribution in [-0.2, 0) is 0 Å². The monoisotopic (exact) mass is 296 g/mol. The molecule has 0 nitrogen and oxygen atoms in total. The molecule has 0 N–H and O–H groups in total. The number of rotatable bonds is 0. The largest absolute Gasteiger partial charge is 0.135 e. The van der Waals surface area contributed by atoms with Crippen LogP contribution in [-0.4, -0.2) is 0 Å². The van der Waals surface area contributed by atoms with Crippen molar-refractivity contribution in [2.24, 2.45) is 0 Å². The van der Waals surface area contributed by atoms with Gasteiger partial charge in [-0.1, -0.05) is 12.1 Å². The van der Waals surface area contributed by atoms with Crippen LogP contribution in [0, 0.1) is 23.7 Å². The summed E-state index contributed by atoms with van der Waals surface area (Å²) in [5.41, 5.74) is 0. The molecule has 0 aliphatic carbocycles. The molecule has 0 bridgehead atoms. The van der Waals surface area contributed by atoms with Gasteiger partial charge in [-0.15, -0.1) is 34.0 Å². The summed E-state index contributed by atoms with van der Waals surface area (Å²) in [6.07, 6.45) is 0. The van der Waals surface area contributed by atoms with Gasteiger partial charge >= 0.3 is 0 Å². The van der Waals surface area contributed by atoms with Gasteiger partial charge in [0.1, 0.15) is 0 Å². The summed E-state index contributed by atoms with van der Waals surface area (Å²) < 4.78 is 0. The zero-order chi connectivity index (χ0) is 12.9. The van der Waals surface area contributed by atoms with Crippen molar-refractivity contribution in [1.29, 1.82) is 0 Å². The summed E-state index contributed by atoms with van der Waals surface area (Å²) in [4.78, 5) is 4.31. The molecule has 0 saturated carbocycles. The van der Waals surface area contributed by atoms with E-state index in [0.29, 0.717) is 0 Å². The first-order valence-electron chi connectivity index (χ1n) is 5.61. The van der Waals surface area contributed by atoms with E-state index >= 15 is 0 Å². The van der Waals surface area contributed by atoms with Crippen molar-refractivity contribution in [3.63, 3.8) is 0 Å². The number of hydrogen-bond acceptors (Lipinski definition) is 3. The van der Waals surface area contributed by atoms with Crippen molar-refractivity contribution in [3.05, 3.63) is 66.7 Å². The summed E-state index contributed by atoms with van der Waals surface area (Å²) in [7, 11) is 0. The van der Waals surface area contributed by atoms with E-state index in [0.717, 1.165) is 19.5 Å². The minimum absolute atomic E-state index is 1.06. The van der Waals surface area contributed by atoms with Crippen LogP contribution < -0.4 is 0 Å². The van der Waals surface area contributed by atoms with Crippen molar-refractivity contribution in [2.75, 3.05) is 0 Å². The van der Waals surface area contributed by atoms with Gasteiger partial charge in [0, 0.05) is 0 Å². The first-order chi connectivity index (χ1) is 9.40. The van der Waals surface area contributed by atoms with Crippen molar-refractivity contribution in [3.8, 4) is 23.7 Å². The third kappa shape index (κ3) is 3.36. The summed E-state index contributed by atoms with van der Waals surface area (Å²) >= 11 is 4.96. The number of hydrogen-bond donors (Lipinski definition) is 0. The summed E-state index contributed by atoms with van der Waals surface area (Å²) in [5.74, 6) is 12.7. The lowest BCUT2D eigenvalue weighted by molar-refractivity contribution is 1.87. The zero-order valence-electron chi connectivity index (χ0n) is 9.84. The minimum atomic E-state index is 1.06. The fraction of sp³-hybridized carbons (Fsp3) is 0. The van der Waals surface area contributed by atoms with Crippen molar-refractivity contribution >= 4 is 34.0 Å². The molecule has 0 amide bonds. The Hall–Kier alpha value is -1.78. The highest BCUT2D eigenvalue weighted by Crippen LogP contribution is 2.15. The Morgan fingerprint density at radius 2 is 1.05 bits per heavy atom. The van der Waals surface area contributed by atoms with Gasteiger partial charge in [-0.05, 0) is 58.7 Å². The van der Waals surface area contributed by atoms with Gasteiger partial charge in [-0.3, -0.25) is 0 Å². The van der Waals surface area contributed by atoms with E-state index in [1.54, 1.807) is 34.0 Å². The molecule has 0 aromatic carbocycles. The average Bonchev–Trinajstić information content (AvgIpc) is 3.16. The molecular formula is C16H8S3. The normalized spacial score (nSPS) is 9.26. The van der Waals surface area contributed by atoms with E-state index in [9.17, 15) is 0 Å². The molecule has 0 aliphatic rings. The van der Waals surface area contributed by atoms with Crippen LogP contribution >= 0.6 is 34.0 Å². The second-order valence-electron chi connectivity index (χ2n) is 3.62. The van der Waals surface area contributed by atoms with E-state index in [1.165, 1.54) is 0 Å². The maximum absolute atomic E-state index is 3.17. The van der Waals surface area contributed by atoms with Crippen LogP contribution in [0.15, 0.2) is 47.2 Å². The second kappa shape index (κ2) is 5.91. The lowest BCUT2D eigenvalue weighted by atomic mass is 10.4. The fourth-order valence-corrected chi connectivity index (χ4v) is 3.27. The second-order valence-corrected chi connectivity index (χ2v) is 6.60. The standard InChI is InChI=1S/C16H8S3/c1-3-13(17-11-1)5-7-15-9-10-16(19-15)8-6-14-4-2-12-18-14/h1-4,9-12H. The van der Waals surface area contributed by atoms with Gasteiger partial charge in [0.05, 0.1) is 19.5 Å². The van der Waals surface area contributed by atoms with Crippen LogP contribution in [0.25, 0.3) is 0 Å². The van der Waals surface area contributed by atoms with E-state index in [1.807, 2.05) is 47.2 Å². The van der Waals surface area contributed by atoms with Gasteiger partial charge in [-0.2, -0.15) is 0 Å². The average molecular weight is 296 g/mol. The first kappa shape index (κ1) is 12.3. The summed E-state index contributed by atoms with van der Waals surface area (Å²) in [5, 5.41) is 4.08. The molecule has 0 spiro atoms. The third-order valence-electron chi connectivity index (χ3n) is 2.27. The Morgan fingerprint density at radius 1 is 0.579 bits per heavy atom. The highest BCUT2D eigenvalue weighted by atomic mass is 32.1. The number of thiophene rings is 3. The molecule has 0 saturated heterocycles. The Bertz CT molecular complexity index is 700. The van der Waals surface area contributed by atoms with Crippen LogP contribution in [0.2, 0.25) is 0 Å². The molecular weight excluding hydrogens is 288 g/mol. The first-order valence-corrected chi connectivity index (χ1v) is 8.19. The minimum Gasteiger partial charge on any atom is -0.135 e. The molecule has 19 heavy (non-hydrogen) atoms. The molecule has 3 heteroatoms. The quantitative estimate of drug-likeness (QED) is 0.529. The maximum Gasteiger partial charge on any atom is 0.0785 e. The SMILES string of the molecule is C(#Cc1ccc(C#Cc2cccs2)s1)c1cccs1. The van der Waals surface area contributed by atoms with Gasteiger partial charge in [0.15, 0.2) is 0 Å². The Morgan fingerprint density at radius 3 is 1.47 bits per heavy atom. The van der Waals surface area contributed by atoms with E-state index < -0.39 is 0 Å². The lowest BCUT2D eigenvalue weighted by Gasteiger charge is -1.79. The maximum atomic E-state index is 3.17. The Kier molecular flexibility index (Phi) is 3.81. The lowest BCUT2D eigenvalue weighted by Crippen LogP contribution is -1.63. The molecule has 90 valence electrons. The van der Waals surface area contributed by atoms with Crippen molar-refractivity contribution in [1.82, 2.24) is 0 Å². The van der Waals surface area contributed by atoms with E-state index in [2.05, 4.69) is 23.7 Å². The van der Waals surface area contributed by atoms with Gasteiger partial charge in [0.25, 0.3) is 0 Å². The molecule has 0 fully saturated rings. The van der Waals surface area contributed by atoms with Gasteiger partial charge in [-0.25, -0.2) is 0 Å². The molecule has 0 unspecified atom stereocenters. The van der Waals surface area contributed by atoms with Gasteiger partial charge < -0.3 is 0 Å². The fourth-order valence-electron chi connectivity index (χ4n) is 1.42. The summed E-state index contributed by atoms with van der Waals surface area (Å²) in [6, 6.07) is 12.2. The molecule has 3 heterocycles. The van der Waals surface area contributed by atoms with Crippen molar-refractivity contribution < 1.29 is 0 Å². The van der Waals surface area contributed by atoms with Crippen LogP contribution in [0.4, 0.5) is 0 Å². The Balaban J connectivity index is 1.77. The smallest absolute Gasteiger partial charge is 0.0785 e. The van der Waals surface area contributed by atoms with Crippen LogP contribution in [0.1, 0.15) is 19.5 Å². The molecule has 3 aromatic heterocycles. The predicted octanol–water partition coefficient (Wildman–Crippen LogP) is 4.67. The van der Waals surface area contributed by atoms with Crippen molar-refractivity contribution in [2.45, 2.75) is 0 Å². The van der Waals surface area contributed by atoms with Gasteiger partial charge in [0.2, 0.25) is 0 Å². The molecule has 3 rings (SSSR count). The molecule has 3 aromatic rings. The Labute approximate surface area is 124 Å². The zero-order valence-corrected chi connectivity index (χ0v) is 12.3. The topological polar surface area (TPSA) is 0 Å². The highest BCUT2D eigenvalue weighted by Gasteiger charge is 1.94. The van der Waals surface area contributed by atoms with E-state index in [4.69, 9.17) is 0 Å². The molecule has 0 atom stereocenters. The third-order valence-corrected chi connectivity index (χ3v) is 4.75. The molecule has 0 aliphatic heterocycles. The molecule has 0 radical (unpaired) electrons. The van der Waals surface area contributed by atoms with E-state index in [-0.39, 0.29) is 0 Å². The highest BCUT2D eigenvalue weighted by molar-refractivity contribution is 7.13. The van der Waals surface area contributed by atoms with Crippen LogP contribution in [0.5, 0.6) is 0 Å². The van der Waals surface area contributed by atoms with Crippen LogP contribution in [0.3, 0.4) is 0 Å².